The average Bonchev–Trinajstić information content (AvgIpc) is 0.766. The molecule has 21 N–H and O–H groups in total. The zero-order valence-corrected chi connectivity index (χ0v) is 66.8. The zero-order valence-electron chi connectivity index (χ0n) is 64.5. The number of fused-ring (bicyclic) bond motifs is 15. The first-order chi connectivity index (χ1) is 57.3. The molecule has 0 aliphatic carbocycles. The minimum Gasteiger partial charge on any atom is -0.508 e. The predicted molar refractivity (Wildman–Crippen MR) is 421 cm³/mol. The standard InChI is InChI=1S/C79H84Cl3FN12O26/c1-30(2)16-44(85-5)70(107)93-60-62(101)33-7-10-48(42(81)20-33)117-50-22-35-23-51(66(50)121-77-67(65(104)64(103)52(29-96)119-77)120-55-28-79(4,68(105)31(3)116-55)86-13-15-95-14-12-54(89-78(95)115)88-69(106)36-17-37(80)24-38(83)18-36)118-49-11-8-34(21-43(49)82)63(102)61-75(112)92-59(76(113)114)41-25-39(97)26-47(99)56(41)40-19-32(6-9-46(40)98)57(72(109)94-61)91-73(110)58(35)90-71(108)45(27-53(84)100)87-74(60)111/h6-12,14,17-26,30-31,44-45,52,55,57-65,67-68,77,85-86,96-99,101-105H,13,15-16,27-29H2,1-5H3,(H2,84,100)(H,87,111)(H,90,108)(H,91,110)(H,92,112)(H,93,107)(H,94,109)(H,113,114)(H,88,89,106,115)/t31-,44+,45+,52+,55+,57+,58?,59-,60-,61-,62-,63-,64-,65-,67-,68+,77?,79?/m1/s1. The normalized spacial score (nSPS) is 26.4. The first-order valence-electron chi connectivity index (χ1n) is 37.6. The van der Waals surface area contributed by atoms with Gasteiger partial charge in [-0.25, -0.2) is 14.0 Å². The molecule has 38 nitrogen and oxygen atoms in total. The Balaban J connectivity index is 1.00. The molecule has 7 aliphatic rings. The van der Waals surface area contributed by atoms with E-state index in [4.69, 9.17) is 69.0 Å². The van der Waals surface area contributed by atoms with Crippen molar-refractivity contribution in [1.82, 2.24) is 52.1 Å². The van der Waals surface area contributed by atoms with E-state index in [1.807, 2.05) is 0 Å². The van der Waals surface area contributed by atoms with Gasteiger partial charge in [-0.15, -0.1) is 0 Å². The fourth-order valence-electron chi connectivity index (χ4n) is 14.6. The number of carbonyl (C=O) groups is 9. The first-order valence-corrected chi connectivity index (χ1v) is 38.7. The van der Waals surface area contributed by atoms with Crippen LogP contribution in [0.1, 0.15) is 115 Å². The minimum absolute atomic E-state index is 0.0562. The second kappa shape index (κ2) is 36.9. The molecule has 11 bridgehead atoms. The maximum absolute atomic E-state index is 16.2. The maximum Gasteiger partial charge on any atom is 0.349 e. The van der Waals surface area contributed by atoms with Gasteiger partial charge in [0, 0.05) is 64.6 Å². The second-order valence-corrected chi connectivity index (χ2v) is 31.2. The van der Waals surface area contributed by atoms with Crippen LogP contribution in [0.15, 0.2) is 114 Å². The van der Waals surface area contributed by atoms with Crippen molar-refractivity contribution in [2.24, 2.45) is 11.7 Å². The number of carboxylic acids is 1. The van der Waals surface area contributed by atoms with E-state index in [9.17, 15) is 89.0 Å². The van der Waals surface area contributed by atoms with Crippen LogP contribution in [0.2, 0.25) is 15.1 Å². The molecule has 7 aliphatic heterocycles. The Morgan fingerprint density at radius 3 is 1.99 bits per heavy atom. The number of hydrogen-bond donors (Lipinski definition) is 20. The van der Waals surface area contributed by atoms with Crippen molar-refractivity contribution in [2.45, 2.75) is 163 Å². The molecule has 6 aromatic carbocycles. The summed E-state index contributed by atoms with van der Waals surface area (Å²) < 4.78 is 54.4. The molecule has 0 radical (unpaired) electrons. The van der Waals surface area contributed by atoms with E-state index in [-0.39, 0.29) is 64.9 Å². The van der Waals surface area contributed by atoms with Crippen LogP contribution < -0.4 is 73.5 Å². The number of aliphatic carboxylic acids is 1. The number of ether oxygens (including phenoxy) is 6. The van der Waals surface area contributed by atoms with Crippen LogP contribution in [-0.2, 0) is 59.1 Å². The molecule has 0 saturated carbocycles. The number of phenols is 3. The number of primary amides is 1. The number of rotatable bonds is 19. The summed E-state index contributed by atoms with van der Waals surface area (Å²) in [5, 5.41) is 138. The monoisotopic (exact) mass is 1740 g/mol. The van der Waals surface area contributed by atoms with E-state index in [0.29, 0.717) is 0 Å². The van der Waals surface area contributed by atoms with Crippen LogP contribution in [0.4, 0.5) is 10.2 Å². The van der Waals surface area contributed by atoms with Crippen molar-refractivity contribution < 1.29 is 127 Å². The first kappa shape index (κ1) is 88.9. The number of carboxylic acid groups (broad SMARTS) is 1. The Kier molecular flexibility index (Phi) is 27.1. The summed E-state index contributed by atoms with van der Waals surface area (Å²) in [5.41, 5.74) is 0.289. The number of phenolic OH excluding ortho intramolecular Hbond substituents is 3. The molecule has 42 heteroatoms. The quantitative estimate of drug-likeness (QED) is 0.0551. The van der Waals surface area contributed by atoms with E-state index in [1.54, 1.807) is 20.8 Å². The third-order valence-electron chi connectivity index (χ3n) is 20.9. The van der Waals surface area contributed by atoms with Crippen molar-refractivity contribution in [1.29, 1.82) is 0 Å². The highest BCUT2D eigenvalue weighted by molar-refractivity contribution is 6.32. The van der Waals surface area contributed by atoms with E-state index in [2.05, 4.69) is 52.8 Å². The van der Waals surface area contributed by atoms with Crippen molar-refractivity contribution >= 4 is 93.8 Å². The van der Waals surface area contributed by atoms with Crippen molar-refractivity contribution in [3.63, 3.8) is 0 Å². The molecule has 14 rings (SSSR count). The minimum atomic E-state index is -2.41. The Morgan fingerprint density at radius 2 is 1.37 bits per heavy atom. The molecular formula is C79H84Cl3FN12O26. The molecule has 8 amide bonds. The Bertz CT molecular complexity index is 5270. The van der Waals surface area contributed by atoms with Crippen LogP contribution in [0.25, 0.3) is 11.1 Å². The number of carbonyl (C=O) groups excluding carboxylic acids is 8. The molecule has 18 atom stereocenters. The largest absolute Gasteiger partial charge is 0.508 e. The highest BCUT2D eigenvalue weighted by Crippen LogP contribution is 2.50. The van der Waals surface area contributed by atoms with E-state index in [0.717, 1.165) is 84.9 Å². The molecule has 644 valence electrons. The highest BCUT2D eigenvalue weighted by Gasteiger charge is 2.52. The van der Waals surface area contributed by atoms with Gasteiger partial charge < -0.3 is 133 Å². The number of halogens is 4. The van der Waals surface area contributed by atoms with Gasteiger partial charge in [-0.3, -0.25) is 42.9 Å². The summed E-state index contributed by atoms with van der Waals surface area (Å²) in [7, 11) is 1.46. The maximum atomic E-state index is 16.2. The number of nitrogens with zero attached hydrogens (tertiary/aromatic N) is 2. The van der Waals surface area contributed by atoms with Crippen molar-refractivity contribution in [3.05, 3.63) is 174 Å². The third kappa shape index (κ3) is 19.6. The smallest absolute Gasteiger partial charge is 0.349 e. The fourth-order valence-corrected chi connectivity index (χ4v) is 15.3. The number of aliphatic hydroxyl groups excluding tert-OH is 6. The molecular weight excluding hydrogens is 1660 g/mol. The number of nitrogens with two attached hydrogens (primary N) is 1. The van der Waals surface area contributed by atoms with Gasteiger partial charge in [-0.2, -0.15) is 4.98 Å². The number of aromatic nitrogens is 2. The van der Waals surface area contributed by atoms with Crippen LogP contribution >= 0.6 is 34.8 Å². The number of benzene rings is 6. The number of anilines is 1. The van der Waals surface area contributed by atoms with Gasteiger partial charge >= 0.3 is 11.7 Å². The summed E-state index contributed by atoms with van der Waals surface area (Å²) in [6.45, 7) is 5.42. The summed E-state index contributed by atoms with van der Waals surface area (Å²) in [5.74, 6) is -18.4. The van der Waals surface area contributed by atoms with Gasteiger partial charge in [0.25, 0.3) is 5.91 Å². The lowest BCUT2D eigenvalue weighted by atomic mass is 9.85. The van der Waals surface area contributed by atoms with Crippen LogP contribution in [0.3, 0.4) is 0 Å². The molecule has 2 fully saturated rings. The molecule has 121 heavy (non-hydrogen) atoms. The third-order valence-corrected chi connectivity index (χ3v) is 21.7. The lowest BCUT2D eigenvalue weighted by Crippen LogP contribution is -2.65. The lowest BCUT2D eigenvalue weighted by molar-refractivity contribution is -0.334. The number of aromatic hydroxyl groups is 3. The lowest BCUT2D eigenvalue weighted by Gasteiger charge is -2.48. The Morgan fingerprint density at radius 1 is 0.727 bits per heavy atom. The summed E-state index contributed by atoms with van der Waals surface area (Å²) in [6.07, 6.45) is -18.4. The highest BCUT2D eigenvalue weighted by atomic mass is 35.5. The van der Waals surface area contributed by atoms with Crippen molar-refractivity contribution in [2.75, 3.05) is 25.5 Å². The number of hydrogen-bond acceptors (Lipinski definition) is 28. The van der Waals surface area contributed by atoms with Gasteiger partial charge in [-0.05, 0) is 134 Å². The summed E-state index contributed by atoms with van der Waals surface area (Å²) in [6, 6.07) is 3.18. The number of amides is 8. The topological polar surface area (TPSA) is 580 Å². The number of nitrogens with one attached hydrogen (secondary N) is 9. The van der Waals surface area contributed by atoms with Crippen molar-refractivity contribution in [3.8, 4) is 57.1 Å². The van der Waals surface area contributed by atoms with Gasteiger partial charge in [-0.1, -0.05) is 66.8 Å². The number of aliphatic hydroxyl groups is 6. The molecule has 3 unspecified atom stereocenters. The SMILES string of the molecule is CN[C@@H](CC(C)C)C(=O)N[C@H]1C(=O)N[C@@H](CC(N)=O)C(=O)NC2C(=O)N[C@@H]3C(=O)N[C@@H](C(=O)N[C@@H](C(=O)O)c4cc(O)cc(O)c4-c4cc3ccc4O)[C@H](O)c3ccc(c(Cl)c3)Oc3cc2cc(c3OC2O[C@@H](CO)[C@@H](O)[C@@H](O)[C@H]2O[C@H]2CC(C)(NCCn3ccc(NC(=O)c4cc(F)cc(Cl)c4)nc3=O)[C@@H](O)[C@@H](C)O2)Oc2ccc(cc2Cl)[C@H]1O. The number of likely N-dealkylation sites (N-methyl/N-ethyl adjacent to an activating group) is 1. The van der Waals surface area contributed by atoms with Gasteiger partial charge in [0.1, 0.15) is 101 Å². The Hall–Kier alpha value is -11.4. The van der Waals surface area contributed by atoms with E-state index >= 15 is 14.4 Å². The molecule has 2 saturated heterocycles. The Labute approximate surface area is 700 Å². The van der Waals surface area contributed by atoms with E-state index in [1.165, 1.54) is 42.9 Å². The zero-order chi connectivity index (χ0) is 87.7. The molecule has 1 aromatic heterocycles. The summed E-state index contributed by atoms with van der Waals surface area (Å²) >= 11 is 20.2. The molecule has 0 spiro atoms. The van der Waals surface area contributed by atoms with Gasteiger partial charge in [0.15, 0.2) is 29.9 Å². The fraction of sp³-hybridized carbons (Fsp3) is 0.380. The van der Waals surface area contributed by atoms with Gasteiger partial charge in [0.2, 0.25) is 53.4 Å². The van der Waals surface area contributed by atoms with Crippen LogP contribution in [0.5, 0.6) is 46.0 Å². The van der Waals surface area contributed by atoms with Gasteiger partial charge in [0.05, 0.1) is 41.3 Å². The average molecular weight is 1740 g/mol. The molecule has 7 aromatic rings. The predicted octanol–water partition coefficient (Wildman–Crippen LogP) is 2.04. The van der Waals surface area contributed by atoms with Crippen LogP contribution in [-0.4, -0.2) is 213 Å². The molecule has 8 heterocycles. The van der Waals surface area contributed by atoms with E-state index < -0.39 is 265 Å². The second-order valence-electron chi connectivity index (χ2n) is 30.0. The van der Waals surface area contributed by atoms with Crippen LogP contribution in [0, 0.1) is 11.7 Å². The summed E-state index contributed by atoms with van der Waals surface area (Å²) in [4.78, 5) is 148.